The standard InChI is InChI=1S/C26H27F6N5O5S/c1-12(6-13-7-16(8-13)42-22-19(20(33)38)43-23(36-22)14-2-3-14)35-21(39)17-9-34-37-10-15(4-5-18(17)37)41-11-24(40,25(27,28)29)26(30,31)32/h4-5,9-10,12-14,16,40H,2-3,6-8,11H2,1H3,(H2,33,38)(H,35,39)/t12-,13?,16?/m0/s1. The average Bonchev–Trinajstić information content (AvgIpc) is 3.50. The summed E-state index contributed by atoms with van der Waals surface area (Å²) in [5, 5.41) is 16.9. The third-order valence-electron chi connectivity index (χ3n) is 7.42. The fraction of sp³-hybridized carbons (Fsp3) is 0.538. The zero-order chi connectivity index (χ0) is 31.3. The number of aliphatic hydroxyl groups is 1. The van der Waals surface area contributed by atoms with Crippen LogP contribution in [0.3, 0.4) is 0 Å². The number of fused-ring (bicyclic) bond motifs is 1. The molecule has 2 aliphatic rings. The lowest BCUT2D eigenvalue weighted by atomic mass is 9.78. The van der Waals surface area contributed by atoms with Gasteiger partial charge in [0.05, 0.1) is 23.5 Å². The maximum atomic E-state index is 12.9. The lowest BCUT2D eigenvalue weighted by Gasteiger charge is -2.36. The van der Waals surface area contributed by atoms with Gasteiger partial charge in [0.15, 0.2) is 4.88 Å². The van der Waals surface area contributed by atoms with Crippen molar-refractivity contribution < 1.29 is 50.5 Å². The monoisotopic (exact) mass is 635 g/mol. The zero-order valence-electron chi connectivity index (χ0n) is 22.5. The highest BCUT2D eigenvalue weighted by Crippen LogP contribution is 2.45. The van der Waals surface area contributed by atoms with Crippen molar-refractivity contribution >= 4 is 28.7 Å². The van der Waals surface area contributed by atoms with E-state index in [1.807, 2.05) is 6.92 Å². The van der Waals surface area contributed by atoms with Crippen molar-refractivity contribution in [3.63, 3.8) is 0 Å². The minimum atomic E-state index is -6.02. The summed E-state index contributed by atoms with van der Waals surface area (Å²) in [5.41, 5.74) is 0.769. The second-order valence-electron chi connectivity index (χ2n) is 10.9. The molecule has 234 valence electrons. The van der Waals surface area contributed by atoms with E-state index in [4.69, 9.17) is 10.5 Å². The van der Waals surface area contributed by atoms with Crippen LogP contribution in [0.5, 0.6) is 11.6 Å². The molecule has 0 unspecified atom stereocenters. The number of hydrogen-bond donors (Lipinski definition) is 3. The first kappa shape index (κ1) is 30.8. The van der Waals surface area contributed by atoms with E-state index in [0.717, 1.165) is 34.6 Å². The lowest BCUT2D eigenvalue weighted by Crippen LogP contribution is -2.60. The Labute approximate surface area is 244 Å². The van der Waals surface area contributed by atoms with Crippen molar-refractivity contribution in [3.8, 4) is 11.6 Å². The molecule has 0 saturated heterocycles. The predicted molar refractivity (Wildman–Crippen MR) is 139 cm³/mol. The number of ether oxygens (including phenoxy) is 2. The molecular weight excluding hydrogens is 608 g/mol. The molecule has 4 N–H and O–H groups in total. The summed E-state index contributed by atoms with van der Waals surface area (Å²) in [6.45, 7) is -0.304. The number of nitrogens with one attached hydrogen (secondary N) is 1. The Morgan fingerprint density at radius 1 is 1.19 bits per heavy atom. The van der Waals surface area contributed by atoms with Gasteiger partial charge in [0.1, 0.15) is 23.5 Å². The van der Waals surface area contributed by atoms with Crippen LogP contribution in [0.4, 0.5) is 26.3 Å². The summed E-state index contributed by atoms with van der Waals surface area (Å²) in [6.07, 6.45) is -5.86. The van der Waals surface area contributed by atoms with Crippen molar-refractivity contribution in [3.05, 3.63) is 40.0 Å². The fourth-order valence-electron chi connectivity index (χ4n) is 4.78. The number of rotatable bonds is 11. The van der Waals surface area contributed by atoms with Crippen molar-refractivity contribution in [2.24, 2.45) is 11.7 Å². The van der Waals surface area contributed by atoms with Crippen molar-refractivity contribution in [2.45, 2.75) is 75.0 Å². The molecule has 2 saturated carbocycles. The van der Waals surface area contributed by atoms with E-state index >= 15 is 0 Å². The first-order chi connectivity index (χ1) is 20.1. The van der Waals surface area contributed by atoms with E-state index in [9.17, 15) is 41.0 Å². The molecule has 0 spiro atoms. The lowest BCUT2D eigenvalue weighted by molar-refractivity contribution is -0.373. The SMILES string of the molecule is C[C@@H](CC1CC(Oc2nc(C3CC3)sc2C(N)=O)C1)NC(=O)c1cnn2cc(OCC(O)(C(F)(F)F)C(F)(F)F)ccc12. The Bertz CT molecular complexity index is 1500. The highest BCUT2D eigenvalue weighted by atomic mass is 32.1. The van der Waals surface area contributed by atoms with Gasteiger partial charge in [0.25, 0.3) is 17.4 Å². The quantitative estimate of drug-likeness (QED) is 0.266. The minimum absolute atomic E-state index is 0.126. The molecule has 0 aliphatic heterocycles. The van der Waals surface area contributed by atoms with Crippen molar-refractivity contribution in [2.75, 3.05) is 6.61 Å². The minimum Gasteiger partial charge on any atom is -0.488 e. The molecule has 43 heavy (non-hydrogen) atoms. The number of pyridine rings is 1. The molecule has 3 aromatic heterocycles. The van der Waals surface area contributed by atoms with Gasteiger partial charge in [-0.3, -0.25) is 9.59 Å². The van der Waals surface area contributed by atoms with Gasteiger partial charge in [-0.15, -0.1) is 11.3 Å². The van der Waals surface area contributed by atoms with Crippen LogP contribution in [0.2, 0.25) is 0 Å². The summed E-state index contributed by atoms with van der Waals surface area (Å²) in [5.74, 6) is -0.595. The molecule has 2 aliphatic carbocycles. The van der Waals surface area contributed by atoms with E-state index in [2.05, 4.69) is 20.1 Å². The van der Waals surface area contributed by atoms with Gasteiger partial charge in [-0.2, -0.15) is 31.4 Å². The molecule has 10 nitrogen and oxygen atoms in total. The summed E-state index contributed by atoms with van der Waals surface area (Å²) in [4.78, 5) is 29.5. The molecule has 3 heterocycles. The van der Waals surface area contributed by atoms with Gasteiger partial charge in [0, 0.05) is 12.0 Å². The number of halogens is 6. The Morgan fingerprint density at radius 2 is 1.86 bits per heavy atom. The Kier molecular flexibility index (Phi) is 8.00. The number of thiazole rings is 1. The highest BCUT2D eigenvalue weighted by molar-refractivity contribution is 7.14. The largest absolute Gasteiger partial charge is 0.488 e. The Hall–Kier alpha value is -3.60. The maximum absolute atomic E-state index is 12.9. The smallest absolute Gasteiger partial charge is 0.429 e. The van der Waals surface area contributed by atoms with Crippen LogP contribution in [0, 0.1) is 5.92 Å². The van der Waals surface area contributed by atoms with E-state index < -0.39 is 42.1 Å². The second-order valence-corrected chi connectivity index (χ2v) is 11.9. The predicted octanol–water partition coefficient (Wildman–Crippen LogP) is 4.37. The summed E-state index contributed by atoms with van der Waals surface area (Å²) >= 11 is 1.27. The molecule has 0 radical (unpaired) electrons. The van der Waals surface area contributed by atoms with Crippen LogP contribution in [-0.4, -0.2) is 68.2 Å². The average molecular weight is 636 g/mol. The van der Waals surface area contributed by atoms with Crippen LogP contribution in [0.1, 0.15) is 70.0 Å². The number of amides is 2. The zero-order valence-corrected chi connectivity index (χ0v) is 23.4. The Balaban J connectivity index is 1.13. The van der Waals surface area contributed by atoms with Gasteiger partial charge in [-0.25, -0.2) is 9.50 Å². The van der Waals surface area contributed by atoms with E-state index in [1.54, 1.807) is 0 Å². The molecule has 0 bridgehead atoms. The molecule has 3 aromatic rings. The van der Waals surface area contributed by atoms with Gasteiger partial charge in [-0.1, -0.05) is 0 Å². The van der Waals surface area contributed by atoms with E-state index in [0.29, 0.717) is 30.1 Å². The van der Waals surface area contributed by atoms with Crippen LogP contribution in [-0.2, 0) is 0 Å². The normalized spacial score (nSPS) is 20.0. The third kappa shape index (κ3) is 6.37. The number of carbonyl (C=O) groups is 2. The van der Waals surface area contributed by atoms with Crippen LogP contribution < -0.4 is 20.5 Å². The number of primary amides is 1. The van der Waals surface area contributed by atoms with Crippen LogP contribution in [0.25, 0.3) is 5.52 Å². The van der Waals surface area contributed by atoms with Gasteiger partial charge in [-0.05, 0) is 57.1 Å². The van der Waals surface area contributed by atoms with Crippen molar-refractivity contribution in [1.82, 2.24) is 19.9 Å². The number of hydrogen-bond acceptors (Lipinski definition) is 8. The Morgan fingerprint density at radius 3 is 2.47 bits per heavy atom. The first-order valence-electron chi connectivity index (χ1n) is 13.3. The second kappa shape index (κ2) is 11.2. The number of alkyl halides is 6. The highest BCUT2D eigenvalue weighted by Gasteiger charge is 2.71. The maximum Gasteiger partial charge on any atom is 0.429 e. The summed E-state index contributed by atoms with van der Waals surface area (Å²) in [6, 6.07) is 2.07. The van der Waals surface area contributed by atoms with Crippen molar-refractivity contribution in [1.29, 1.82) is 0 Å². The van der Waals surface area contributed by atoms with E-state index in [1.165, 1.54) is 23.6 Å². The first-order valence-corrected chi connectivity index (χ1v) is 14.1. The van der Waals surface area contributed by atoms with Crippen LogP contribution >= 0.6 is 11.3 Å². The van der Waals surface area contributed by atoms with Gasteiger partial charge in [0.2, 0.25) is 5.88 Å². The van der Waals surface area contributed by atoms with Gasteiger partial charge < -0.3 is 25.6 Å². The molecule has 17 heteroatoms. The number of carbonyl (C=O) groups excluding carboxylic acids is 2. The number of nitrogens with two attached hydrogens (primary N) is 1. The number of nitrogens with zero attached hydrogens (tertiary/aromatic N) is 3. The summed E-state index contributed by atoms with van der Waals surface area (Å²) < 4.78 is 89.0. The molecule has 2 fully saturated rings. The molecule has 2 amide bonds. The summed E-state index contributed by atoms with van der Waals surface area (Å²) in [7, 11) is 0. The number of aromatic nitrogens is 3. The topological polar surface area (TPSA) is 141 Å². The third-order valence-corrected chi connectivity index (χ3v) is 8.63. The van der Waals surface area contributed by atoms with E-state index in [-0.39, 0.29) is 35.0 Å². The molecule has 1 atom stereocenters. The fourth-order valence-corrected chi connectivity index (χ4v) is 5.80. The molecular formula is C26H27F6N5O5S. The molecule has 5 rings (SSSR count). The molecule has 0 aromatic carbocycles. The van der Waals surface area contributed by atoms with Gasteiger partial charge >= 0.3 is 12.4 Å². The van der Waals surface area contributed by atoms with Crippen LogP contribution in [0.15, 0.2) is 24.5 Å².